The highest BCUT2D eigenvalue weighted by Gasteiger charge is 2.23. The summed E-state index contributed by atoms with van der Waals surface area (Å²) in [6.45, 7) is 0. The van der Waals surface area contributed by atoms with Gasteiger partial charge in [-0.3, -0.25) is 0 Å². The third-order valence-electron chi connectivity index (χ3n) is 9.45. The Bertz CT molecular complexity index is 3070. The van der Waals surface area contributed by atoms with Gasteiger partial charge in [-0.05, 0) is 89.1 Å². The molecule has 0 fully saturated rings. The molecule has 0 atom stereocenters. The molecule has 9 aromatic carbocycles. The zero-order valence-corrected chi connectivity index (χ0v) is 25.2. The first kappa shape index (κ1) is 21.5. The molecule has 0 aliphatic heterocycles. The zero-order valence-electron chi connectivity index (χ0n) is 30.2. The van der Waals surface area contributed by atoms with Gasteiger partial charge >= 0.3 is 0 Å². The SMILES string of the molecule is [2H]c1c([2H])c([2H])c2c(-c3c4ccccc4c(-c4cccc(-c5ccccc5)c4)c4ccccc34)c3c(oc4ccc5ccccc5c43)c([2H])c2c1[2H]. The molecule has 0 bridgehead atoms. The Hall–Kier alpha value is -6.18. The standard InChI is InChI=1S/C46H28O/c1-2-13-29(14-3-1)31-17-12-18-33(27-31)42-36-21-8-10-23-38(36)43(39-24-11-9-22-37(39)42)45-35-20-7-5-16-32(35)28-41-46(45)44-34-19-6-4-15-30(34)25-26-40(44)47-41/h1-28H/i5D,7D,16D,20D,28D. The normalized spacial score (nSPS) is 13.3. The van der Waals surface area contributed by atoms with Crippen LogP contribution in [0.25, 0.3) is 98.4 Å². The summed E-state index contributed by atoms with van der Waals surface area (Å²) in [7, 11) is 0. The van der Waals surface area contributed by atoms with Gasteiger partial charge in [-0.2, -0.15) is 0 Å². The molecule has 0 saturated carbocycles. The summed E-state index contributed by atoms with van der Waals surface area (Å²) < 4.78 is 52.0. The maximum atomic E-state index is 9.46. The highest BCUT2D eigenvalue weighted by molar-refractivity contribution is 6.32. The van der Waals surface area contributed by atoms with Crippen LogP contribution >= 0.6 is 0 Å². The Labute approximate surface area is 279 Å². The van der Waals surface area contributed by atoms with E-state index >= 15 is 0 Å². The summed E-state index contributed by atoms with van der Waals surface area (Å²) in [5.41, 5.74) is 6.76. The van der Waals surface area contributed by atoms with Crippen molar-refractivity contribution >= 4 is 65.0 Å². The summed E-state index contributed by atoms with van der Waals surface area (Å²) in [6, 6.07) is 46.3. The topological polar surface area (TPSA) is 13.1 Å². The molecule has 0 aliphatic carbocycles. The quantitative estimate of drug-likeness (QED) is 0.184. The number of rotatable bonds is 3. The molecule has 1 heteroatoms. The zero-order chi connectivity index (χ0) is 35.2. The fourth-order valence-corrected chi connectivity index (χ4v) is 7.47. The Balaban J connectivity index is 1.46. The monoisotopic (exact) mass is 601 g/mol. The summed E-state index contributed by atoms with van der Waals surface area (Å²) >= 11 is 0. The largest absolute Gasteiger partial charge is 0.456 e. The van der Waals surface area contributed by atoms with Crippen molar-refractivity contribution in [3.8, 4) is 33.4 Å². The first-order valence-corrected chi connectivity index (χ1v) is 15.8. The van der Waals surface area contributed by atoms with Gasteiger partial charge in [0, 0.05) is 16.3 Å². The van der Waals surface area contributed by atoms with Crippen molar-refractivity contribution in [2.24, 2.45) is 0 Å². The molecule has 0 aliphatic rings. The van der Waals surface area contributed by atoms with Crippen LogP contribution in [0.4, 0.5) is 0 Å². The lowest BCUT2D eigenvalue weighted by Crippen LogP contribution is -1.93. The molecule has 0 saturated heterocycles. The van der Waals surface area contributed by atoms with E-state index in [1.165, 1.54) is 0 Å². The summed E-state index contributed by atoms with van der Waals surface area (Å²) in [4.78, 5) is 0. The molecule has 0 spiro atoms. The summed E-state index contributed by atoms with van der Waals surface area (Å²) in [5.74, 6) is 0. The highest BCUT2D eigenvalue weighted by Crippen LogP contribution is 2.50. The van der Waals surface area contributed by atoms with E-state index in [9.17, 15) is 2.74 Å². The van der Waals surface area contributed by atoms with E-state index in [0.717, 1.165) is 65.5 Å². The average Bonchev–Trinajstić information content (AvgIpc) is 3.59. The lowest BCUT2D eigenvalue weighted by Gasteiger charge is -2.20. The van der Waals surface area contributed by atoms with Gasteiger partial charge in [-0.25, -0.2) is 0 Å². The van der Waals surface area contributed by atoms with Crippen LogP contribution in [0, 0.1) is 0 Å². The van der Waals surface area contributed by atoms with Crippen molar-refractivity contribution in [3.63, 3.8) is 0 Å². The van der Waals surface area contributed by atoms with Crippen molar-refractivity contribution in [1.29, 1.82) is 0 Å². The average molecular weight is 602 g/mol. The van der Waals surface area contributed by atoms with Crippen molar-refractivity contribution in [2.45, 2.75) is 0 Å². The predicted molar refractivity (Wildman–Crippen MR) is 200 cm³/mol. The van der Waals surface area contributed by atoms with Crippen LogP contribution in [0.15, 0.2) is 174 Å². The van der Waals surface area contributed by atoms with Gasteiger partial charge in [0.05, 0.1) is 6.85 Å². The number of furan rings is 1. The van der Waals surface area contributed by atoms with E-state index in [0.29, 0.717) is 27.5 Å². The molecule has 0 unspecified atom stereocenters. The van der Waals surface area contributed by atoms with Gasteiger partial charge in [-0.1, -0.05) is 152 Å². The van der Waals surface area contributed by atoms with E-state index in [4.69, 9.17) is 8.53 Å². The molecule has 1 heterocycles. The highest BCUT2D eigenvalue weighted by atomic mass is 16.3. The maximum Gasteiger partial charge on any atom is 0.136 e. The minimum atomic E-state index is -0.374. The molecule has 0 N–H and O–H groups in total. The fourth-order valence-electron chi connectivity index (χ4n) is 7.47. The van der Waals surface area contributed by atoms with Crippen molar-refractivity contribution in [3.05, 3.63) is 170 Å². The minimum absolute atomic E-state index is 0.0519. The van der Waals surface area contributed by atoms with Crippen LogP contribution in [0.3, 0.4) is 0 Å². The van der Waals surface area contributed by atoms with Gasteiger partial charge < -0.3 is 4.42 Å². The number of hydrogen-bond acceptors (Lipinski definition) is 1. The molecule has 1 nitrogen and oxygen atoms in total. The lowest BCUT2D eigenvalue weighted by molar-refractivity contribution is 0.670. The van der Waals surface area contributed by atoms with Crippen LogP contribution in [0.2, 0.25) is 0 Å². The van der Waals surface area contributed by atoms with E-state index < -0.39 is 0 Å². The minimum Gasteiger partial charge on any atom is -0.456 e. The van der Waals surface area contributed by atoms with Crippen molar-refractivity contribution in [1.82, 2.24) is 0 Å². The van der Waals surface area contributed by atoms with Crippen molar-refractivity contribution < 1.29 is 11.3 Å². The first-order chi connectivity index (χ1) is 25.4. The molecule has 0 radical (unpaired) electrons. The van der Waals surface area contributed by atoms with E-state index in [2.05, 4.69) is 60.7 Å². The van der Waals surface area contributed by atoms with Gasteiger partial charge in [0.2, 0.25) is 0 Å². The van der Waals surface area contributed by atoms with Crippen LogP contribution in [0.5, 0.6) is 0 Å². The second-order valence-corrected chi connectivity index (χ2v) is 12.0. The van der Waals surface area contributed by atoms with Gasteiger partial charge in [0.15, 0.2) is 0 Å². The van der Waals surface area contributed by atoms with E-state index in [1.807, 2.05) is 78.9 Å². The predicted octanol–water partition coefficient (Wildman–Crippen LogP) is 13.2. The maximum absolute atomic E-state index is 9.46. The first-order valence-electron chi connectivity index (χ1n) is 18.3. The molecular weight excluding hydrogens is 569 g/mol. The van der Waals surface area contributed by atoms with Crippen molar-refractivity contribution in [2.75, 3.05) is 0 Å². The van der Waals surface area contributed by atoms with Gasteiger partial charge in [0.25, 0.3) is 0 Å². The number of hydrogen-bond donors (Lipinski definition) is 0. The van der Waals surface area contributed by atoms with Crippen LogP contribution in [-0.2, 0) is 0 Å². The smallest absolute Gasteiger partial charge is 0.136 e. The van der Waals surface area contributed by atoms with E-state index in [1.54, 1.807) is 0 Å². The Morgan fingerprint density at radius 2 is 1.00 bits per heavy atom. The second-order valence-electron chi connectivity index (χ2n) is 12.0. The molecule has 47 heavy (non-hydrogen) atoms. The molecule has 218 valence electrons. The van der Waals surface area contributed by atoms with Gasteiger partial charge in [0.1, 0.15) is 11.2 Å². The molecule has 10 rings (SSSR count). The van der Waals surface area contributed by atoms with Gasteiger partial charge in [-0.15, -0.1) is 0 Å². The third kappa shape index (κ3) is 3.90. The fraction of sp³-hybridized carbons (Fsp3) is 0. The Kier molecular flexibility index (Phi) is 4.66. The third-order valence-corrected chi connectivity index (χ3v) is 9.45. The van der Waals surface area contributed by atoms with Crippen LogP contribution < -0.4 is 0 Å². The van der Waals surface area contributed by atoms with Crippen LogP contribution in [-0.4, -0.2) is 0 Å². The lowest BCUT2D eigenvalue weighted by atomic mass is 9.83. The Morgan fingerprint density at radius 1 is 0.383 bits per heavy atom. The molecule has 0 amide bonds. The molecular formula is C46H28O. The summed E-state index contributed by atoms with van der Waals surface area (Å²) in [5, 5.41) is 7.79. The number of fused-ring (bicyclic) bond motifs is 8. The molecule has 10 aromatic rings. The second kappa shape index (κ2) is 10.2. The Morgan fingerprint density at radius 3 is 1.77 bits per heavy atom. The number of benzene rings is 9. The van der Waals surface area contributed by atoms with E-state index in [-0.39, 0.29) is 35.6 Å². The summed E-state index contributed by atoms with van der Waals surface area (Å²) in [6.07, 6.45) is 0. The molecule has 1 aromatic heterocycles. The van der Waals surface area contributed by atoms with Crippen LogP contribution in [0.1, 0.15) is 6.85 Å².